The van der Waals surface area contributed by atoms with E-state index < -0.39 is 0 Å². The van der Waals surface area contributed by atoms with Gasteiger partial charge in [0, 0.05) is 19.0 Å². The van der Waals surface area contributed by atoms with Crippen molar-refractivity contribution in [3.05, 3.63) is 17.8 Å². The SMILES string of the molecule is CCCCCCCCNC(=O)c1coc(C2CCCNC2)n1. The van der Waals surface area contributed by atoms with Gasteiger partial charge in [-0.15, -0.1) is 0 Å². The molecule has 0 bridgehead atoms. The van der Waals surface area contributed by atoms with Crippen LogP contribution in [0.5, 0.6) is 0 Å². The Labute approximate surface area is 133 Å². The first-order valence-electron chi connectivity index (χ1n) is 8.75. The lowest BCUT2D eigenvalue weighted by molar-refractivity contribution is 0.0948. The first-order valence-corrected chi connectivity index (χ1v) is 8.75. The van der Waals surface area contributed by atoms with E-state index in [-0.39, 0.29) is 5.91 Å². The van der Waals surface area contributed by atoms with E-state index in [2.05, 4.69) is 22.5 Å². The van der Waals surface area contributed by atoms with Crippen LogP contribution in [0.4, 0.5) is 0 Å². The molecule has 0 spiro atoms. The lowest BCUT2D eigenvalue weighted by Gasteiger charge is -2.19. The minimum atomic E-state index is -0.118. The van der Waals surface area contributed by atoms with Gasteiger partial charge >= 0.3 is 0 Å². The summed E-state index contributed by atoms with van der Waals surface area (Å²) in [7, 11) is 0. The van der Waals surface area contributed by atoms with Gasteiger partial charge in [0.15, 0.2) is 11.6 Å². The first-order chi connectivity index (χ1) is 10.8. The maximum atomic E-state index is 12.0. The summed E-state index contributed by atoms with van der Waals surface area (Å²) in [5.41, 5.74) is 0.409. The molecule has 1 fully saturated rings. The summed E-state index contributed by atoms with van der Waals surface area (Å²) in [6.45, 7) is 4.88. The monoisotopic (exact) mass is 307 g/mol. The third kappa shape index (κ3) is 5.44. The highest BCUT2D eigenvalue weighted by molar-refractivity contribution is 5.91. The Hall–Kier alpha value is -1.36. The molecule has 1 unspecified atom stereocenters. The quantitative estimate of drug-likeness (QED) is 0.687. The second-order valence-corrected chi connectivity index (χ2v) is 6.14. The van der Waals surface area contributed by atoms with Crippen molar-refractivity contribution in [2.24, 2.45) is 0 Å². The average Bonchev–Trinajstić information content (AvgIpc) is 3.05. The molecule has 5 nitrogen and oxygen atoms in total. The topological polar surface area (TPSA) is 67.2 Å². The van der Waals surface area contributed by atoms with E-state index in [1.807, 2.05) is 0 Å². The lowest BCUT2D eigenvalue weighted by Crippen LogP contribution is -2.29. The molecular weight excluding hydrogens is 278 g/mol. The Morgan fingerprint density at radius 2 is 2.18 bits per heavy atom. The van der Waals surface area contributed by atoms with Crippen molar-refractivity contribution in [3.8, 4) is 0 Å². The van der Waals surface area contributed by atoms with Crippen molar-refractivity contribution in [2.75, 3.05) is 19.6 Å². The fourth-order valence-corrected chi connectivity index (χ4v) is 2.84. The summed E-state index contributed by atoms with van der Waals surface area (Å²) in [4.78, 5) is 16.4. The standard InChI is InChI=1S/C17H29N3O2/c1-2-3-4-5-6-7-11-19-16(21)15-13-22-17(20-15)14-9-8-10-18-12-14/h13-14,18H,2-12H2,1H3,(H,19,21). The van der Waals surface area contributed by atoms with Crippen LogP contribution in [0.2, 0.25) is 0 Å². The Balaban J connectivity index is 1.66. The van der Waals surface area contributed by atoms with Crippen molar-refractivity contribution in [1.82, 2.24) is 15.6 Å². The number of oxazole rings is 1. The maximum absolute atomic E-state index is 12.0. The van der Waals surface area contributed by atoms with E-state index in [1.165, 1.54) is 38.4 Å². The van der Waals surface area contributed by atoms with Crippen LogP contribution in [0.15, 0.2) is 10.7 Å². The molecule has 124 valence electrons. The summed E-state index contributed by atoms with van der Waals surface area (Å²) >= 11 is 0. The maximum Gasteiger partial charge on any atom is 0.273 e. The fourth-order valence-electron chi connectivity index (χ4n) is 2.84. The zero-order valence-corrected chi connectivity index (χ0v) is 13.7. The molecule has 1 aromatic heterocycles. The molecule has 1 aliphatic rings. The highest BCUT2D eigenvalue weighted by Gasteiger charge is 2.21. The third-order valence-corrected chi connectivity index (χ3v) is 4.22. The molecule has 2 N–H and O–H groups in total. The molecule has 2 heterocycles. The predicted molar refractivity (Wildman–Crippen MR) is 87.1 cm³/mol. The summed E-state index contributed by atoms with van der Waals surface area (Å²) in [6, 6.07) is 0. The van der Waals surface area contributed by atoms with Gasteiger partial charge in [-0.25, -0.2) is 4.98 Å². The van der Waals surface area contributed by atoms with Crippen LogP contribution in [0.1, 0.15) is 80.6 Å². The van der Waals surface area contributed by atoms with Gasteiger partial charge in [-0.1, -0.05) is 39.0 Å². The van der Waals surface area contributed by atoms with Crippen LogP contribution in [0.3, 0.4) is 0 Å². The number of carbonyl (C=O) groups is 1. The van der Waals surface area contributed by atoms with E-state index >= 15 is 0 Å². The number of rotatable bonds is 9. The van der Waals surface area contributed by atoms with Crippen molar-refractivity contribution in [3.63, 3.8) is 0 Å². The van der Waals surface area contributed by atoms with E-state index in [4.69, 9.17) is 4.42 Å². The average molecular weight is 307 g/mol. The molecule has 1 aliphatic heterocycles. The number of hydrogen-bond donors (Lipinski definition) is 2. The van der Waals surface area contributed by atoms with Gasteiger partial charge in [0.1, 0.15) is 6.26 Å². The molecule has 1 aromatic rings. The van der Waals surface area contributed by atoms with Crippen LogP contribution in [0.25, 0.3) is 0 Å². The smallest absolute Gasteiger partial charge is 0.273 e. The highest BCUT2D eigenvalue weighted by atomic mass is 16.3. The molecule has 0 saturated carbocycles. The number of carbonyl (C=O) groups excluding carboxylic acids is 1. The number of nitrogens with zero attached hydrogens (tertiary/aromatic N) is 1. The third-order valence-electron chi connectivity index (χ3n) is 4.22. The van der Waals surface area contributed by atoms with Gasteiger partial charge in [-0.3, -0.25) is 4.79 Å². The van der Waals surface area contributed by atoms with Crippen LogP contribution in [0, 0.1) is 0 Å². The van der Waals surface area contributed by atoms with E-state index in [1.54, 1.807) is 0 Å². The lowest BCUT2D eigenvalue weighted by atomic mass is 10.00. The largest absolute Gasteiger partial charge is 0.448 e. The van der Waals surface area contributed by atoms with Crippen molar-refractivity contribution in [1.29, 1.82) is 0 Å². The minimum absolute atomic E-state index is 0.118. The molecule has 0 radical (unpaired) electrons. The first kappa shape index (κ1) is 17.0. The molecule has 0 aromatic carbocycles. The molecule has 5 heteroatoms. The number of unbranched alkanes of at least 4 members (excludes halogenated alkanes) is 5. The van der Waals surface area contributed by atoms with Gasteiger partial charge in [0.05, 0.1) is 0 Å². The predicted octanol–water partition coefficient (Wildman–Crippen LogP) is 3.23. The Bertz CT molecular complexity index is 439. The van der Waals surface area contributed by atoms with Gasteiger partial charge in [-0.05, 0) is 25.8 Å². The van der Waals surface area contributed by atoms with Gasteiger partial charge in [0.2, 0.25) is 0 Å². The number of hydrogen-bond acceptors (Lipinski definition) is 4. The second-order valence-electron chi connectivity index (χ2n) is 6.14. The summed E-state index contributed by atoms with van der Waals surface area (Å²) in [5.74, 6) is 0.873. The van der Waals surface area contributed by atoms with Crippen LogP contribution in [-0.2, 0) is 0 Å². The Morgan fingerprint density at radius 3 is 2.95 bits per heavy atom. The molecular formula is C17H29N3O2. The minimum Gasteiger partial charge on any atom is -0.448 e. The van der Waals surface area contributed by atoms with Crippen molar-refractivity contribution < 1.29 is 9.21 Å². The van der Waals surface area contributed by atoms with Gasteiger partial charge < -0.3 is 15.1 Å². The Kier molecular flexibility index (Phi) is 7.43. The summed E-state index contributed by atoms with van der Waals surface area (Å²) in [5, 5.41) is 6.26. The number of nitrogens with one attached hydrogen (secondary N) is 2. The van der Waals surface area contributed by atoms with Crippen molar-refractivity contribution in [2.45, 2.75) is 64.2 Å². The van der Waals surface area contributed by atoms with E-state index in [9.17, 15) is 4.79 Å². The second kappa shape index (κ2) is 9.62. The van der Waals surface area contributed by atoms with Gasteiger partial charge in [-0.2, -0.15) is 0 Å². The number of amides is 1. The number of aromatic nitrogens is 1. The highest BCUT2D eigenvalue weighted by Crippen LogP contribution is 2.22. The van der Waals surface area contributed by atoms with Crippen LogP contribution in [-0.4, -0.2) is 30.5 Å². The van der Waals surface area contributed by atoms with Crippen LogP contribution < -0.4 is 10.6 Å². The van der Waals surface area contributed by atoms with Crippen molar-refractivity contribution >= 4 is 5.91 Å². The van der Waals surface area contributed by atoms with Gasteiger partial charge in [0.25, 0.3) is 5.91 Å². The van der Waals surface area contributed by atoms with E-state index in [0.717, 1.165) is 38.9 Å². The summed E-state index contributed by atoms with van der Waals surface area (Å²) in [6.07, 6.45) is 11.0. The molecule has 1 saturated heterocycles. The van der Waals surface area contributed by atoms with Crippen LogP contribution >= 0.6 is 0 Å². The molecule has 1 amide bonds. The van der Waals surface area contributed by atoms with E-state index in [0.29, 0.717) is 17.5 Å². The number of piperidine rings is 1. The molecule has 1 atom stereocenters. The molecule has 0 aliphatic carbocycles. The fraction of sp³-hybridized carbons (Fsp3) is 0.765. The summed E-state index contributed by atoms with van der Waals surface area (Å²) < 4.78 is 5.49. The molecule has 2 rings (SSSR count). The zero-order chi connectivity index (χ0) is 15.6. The zero-order valence-electron chi connectivity index (χ0n) is 13.7. The normalized spacial score (nSPS) is 18.3. The molecule has 22 heavy (non-hydrogen) atoms. The Morgan fingerprint density at radius 1 is 1.36 bits per heavy atom.